The molecule has 0 radical (unpaired) electrons. The van der Waals surface area contributed by atoms with Gasteiger partial charge in [0.05, 0.1) is 27.7 Å². The van der Waals surface area contributed by atoms with E-state index in [1.165, 1.54) is 103 Å². The van der Waals surface area contributed by atoms with Crippen LogP contribution in [-0.2, 0) is 32.7 Å². The van der Waals surface area contributed by atoms with Gasteiger partial charge in [0.25, 0.3) is 0 Å². The van der Waals surface area contributed by atoms with Crippen molar-refractivity contribution in [1.82, 2.24) is 0 Å². The second-order valence-electron chi connectivity index (χ2n) is 15.4. The van der Waals surface area contributed by atoms with E-state index in [0.717, 1.165) is 51.4 Å². The predicted octanol–water partition coefficient (Wildman–Crippen LogP) is 11.4. The number of nitrogens with zero attached hydrogens (tertiary/aromatic N) is 1. The van der Waals surface area contributed by atoms with E-state index in [0.29, 0.717) is 23.9 Å². The van der Waals surface area contributed by atoms with Gasteiger partial charge in [0.1, 0.15) is 19.8 Å². The van der Waals surface area contributed by atoms with Crippen LogP contribution in [0.4, 0.5) is 0 Å². The second kappa shape index (κ2) is 34.5. The number of unbranched alkanes of at least 4 members (excludes halogenated alkanes) is 22. The smallest absolute Gasteiger partial charge is 0.462 e. The summed E-state index contributed by atoms with van der Waals surface area (Å²) >= 11 is 0. The minimum absolute atomic E-state index is 0.0330. The second-order valence-corrected chi connectivity index (χ2v) is 16.8. The highest BCUT2D eigenvalue weighted by Crippen LogP contribution is 2.43. The molecule has 51 heavy (non-hydrogen) atoms. The molecule has 0 amide bonds. The summed E-state index contributed by atoms with van der Waals surface area (Å²) in [6.45, 7) is 4.41. The largest absolute Gasteiger partial charge is 0.472 e. The number of allylic oxidation sites excluding steroid dienone is 2. The molecule has 0 spiro atoms. The third-order valence-corrected chi connectivity index (χ3v) is 10.0. The predicted molar refractivity (Wildman–Crippen MR) is 211 cm³/mol. The van der Waals surface area contributed by atoms with Crippen LogP contribution in [0.15, 0.2) is 12.2 Å². The lowest BCUT2D eigenvalue weighted by molar-refractivity contribution is -0.870. The van der Waals surface area contributed by atoms with Crippen molar-refractivity contribution in [3.05, 3.63) is 12.2 Å². The summed E-state index contributed by atoms with van der Waals surface area (Å²) in [6, 6.07) is 0. The average molecular weight is 747 g/mol. The first-order valence-corrected chi connectivity index (χ1v) is 22.4. The van der Waals surface area contributed by atoms with Gasteiger partial charge < -0.3 is 18.9 Å². The first-order valence-electron chi connectivity index (χ1n) is 20.9. The van der Waals surface area contributed by atoms with Crippen molar-refractivity contribution in [2.75, 3.05) is 47.5 Å². The fraction of sp³-hybridized carbons (Fsp3) is 0.902. The third kappa shape index (κ3) is 38.3. The molecular formula is C41H81NO8P+. The number of carbonyl (C=O) groups is 2. The highest BCUT2D eigenvalue weighted by atomic mass is 31.2. The van der Waals surface area contributed by atoms with Gasteiger partial charge >= 0.3 is 19.8 Å². The molecule has 302 valence electrons. The summed E-state index contributed by atoms with van der Waals surface area (Å²) in [5.41, 5.74) is 0. The van der Waals surface area contributed by atoms with E-state index in [1.807, 2.05) is 21.1 Å². The summed E-state index contributed by atoms with van der Waals surface area (Å²) in [6.07, 6.45) is 33.9. The fourth-order valence-corrected chi connectivity index (χ4v) is 6.46. The topological polar surface area (TPSA) is 108 Å². The lowest BCUT2D eigenvalue weighted by Crippen LogP contribution is -2.37. The molecule has 9 nitrogen and oxygen atoms in total. The maximum Gasteiger partial charge on any atom is 0.472 e. The van der Waals surface area contributed by atoms with E-state index in [1.54, 1.807) is 0 Å². The molecule has 0 rings (SSSR count). The SMILES string of the molecule is CCCCCCCC/C=C\CCCCCCCC(=O)O[C@H](COC(=O)CCCCCCCCCCCCCC)COP(=O)(O)OCC[N+](C)(C)C. The number of phosphoric ester groups is 1. The molecule has 10 heteroatoms. The zero-order chi connectivity index (χ0) is 37.9. The highest BCUT2D eigenvalue weighted by Gasteiger charge is 2.27. The zero-order valence-corrected chi connectivity index (χ0v) is 34.7. The number of ether oxygens (including phenoxy) is 2. The molecule has 0 heterocycles. The number of likely N-dealkylation sites (N-methyl/N-ethyl adjacent to an activating group) is 1. The Kier molecular flexibility index (Phi) is 33.7. The standard InChI is InChI=1S/C41H80NO8P/c1-6-8-10-12-14-16-18-20-21-22-24-26-28-30-32-34-41(44)50-39(38-49-51(45,46)48-36-35-42(3,4)5)37-47-40(43)33-31-29-27-25-23-19-17-15-13-11-9-7-2/h20-21,39H,6-19,22-38H2,1-5H3/p+1/b21-20-/t39-/m1/s1. The average Bonchev–Trinajstić information content (AvgIpc) is 3.07. The monoisotopic (exact) mass is 747 g/mol. The Morgan fingerprint density at radius 3 is 1.45 bits per heavy atom. The highest BCUT2D eigenvalue weighted by molar-refractivity contribution is 7.47. The van der Waals surface area contributed by atoms with Crippen LogP contribution in [-0.4, -0.2) is 74.9 Å². The van der Waals surface area contributed by atoms with Gasteiger partial charge in [-0.25, -0.2) is 4.57 Å². The molecule has 0 saturated heterocycles. The maximum absolute atomic E-state index is 12.6. The van der Waals surface area contributed by atoms with Crippen molar-refractivity contribution in [3.63, 3.8) is 0 Å². The van der Waals surface area contributed by atoms with Gasteiger partial charge in [0.15, 0.2) is 6.10 Å². The number of hydrogen-bond donors (Lipinski definition) is 1. The van der Waals surface area contributed by atoms with Crippen LogP contribution in [0.25, 0.3) is 0 Å². The number of hydrogen-bond acceptors (Lipinski definition) is 7. The van der Waals surface area contributed by atoms with Crippen molar-refractivity contribution in [2.24, 2.45) is 0 Å². The van der Waals surface area contributed by atoms with Gasteiger partial charge in [-0.3, -0.25) is 18.6 Å². The van der Waals surface area contributed by atoms with Gasteiger partial charge in [-0.1, -0.05) is 148 Å². The first-order chi connectivity index (χ1) is 24.5. The van der Waals surface area contributed by atoms with E-state index in [4.69, 9.17) is 18.5 Å². The molecule has 1 unspecified atom stereocenters. The van der Waals surface area contributed by atoms with Crippen LogP contribution in [0.1, 0.15) is 187 Å². The van der Waals surface area contributed by atoms with Crippen molar-refractivity contribution in [1.29, 1.82) is 0 Å². The van der Waals surface area contributed by atoms with E-state index >= 15 is 0 Å². The molecule has 0 fully saturated rings. The molecule has 0 saturated carbocycles. The number of phosphoric acid groups is 1. The first kappa shape index (κ1) is 49.8. The lowest BCUT2D eigenvalue weighted by Gasteiger charge is -2.24. The summed E-state index contributed by atoms with van der Waals surface area (Å²) in [5.74, 6) is -0.802. The molecule has 0 aliphatic rings. The van der Waals surface area contributed by atoms with Crippen LogP contribution in [0.2, 0.25) is 0 Å². The van der Waals surface area contributed by atoms with Crippen molar-refractivity contribution in [2.45, 2.75) is 193 Å². The number of quaternary nitrogens is 1. The molecule has 0 aliphatic heterocycles. The van der Waals surface area contributed by atoms with Crippen molar-refractivity contribution >= 4 is 19.8 Å². The Balaban J connectivity index is 4.39. The molecular weight excluding hydrogens is 665 g/mol. The number of carbonyl (C=O) groups excluding carboxylic acids is 2. The Labute approximate surface area is 314 Å². The summed E-state index contributed by atoms with van der Waals surface area (Å²) in [7, 11) is 1.48. The molecule has 0 aliphatic carbocycles. The third-order valence-electron chi connectivity index (χ3n) is 9.05. The Morgan fingerprint density at radius 2 is 1.00 bits per heavy atom. The van der Waals surface area contributed by atoms with Crippen molar-refractivity contribution < 1.29 is 42.1 Å². The number of rotatable bonds is 38. The van der Waals surface area contributed by atoms with Gasteiger partial charge in [-0.05, 0) is 38.5 Å². The molecule has 0 bridgehead atoms. The quantitative estimate of drug-likeness (QED) is 0.0219. The van der Waals surface area contributed by atoms with Gasteiger partial charge in [0.2, 0.25) is 0 Å². The molecule has 2 atom stereocenters. The van der Waals surface area contributed by atoms with E-state index in [9.17, 15) is 19.0 Å². The summed E-state index contributed by atoms with van der Waals surface area (Å²) in [4.78, 5) is 35.2. The zero-order valence-electron chi connectivity index (χ0n) is 33.9. The van der Waals surface area contributed by atoms with Crippen LogP contribution in [0.3, 0.4) is 0 Å². The maximum atomic E-state index is 12.6. The van der Waals surface area contributed by atoms with Crippen LogP contribution in [0, 0.1) is 0 Å². The van der Waals surface area contributed by atoms with Crippen LogP contribution < -0.4 is 0 Å². The van der Waals surface area contributed by atoms with Crippen LogP contribution >= 0.6 is 7.82 Å². The Hall–Kier alpha value is -1.25. The Morgan fingerprint density at radius 1 is 0.588 bits per heavy atom. The fourth-order valence-electron chi connectivity index (χ4n) is 5.71. The normalized spacial score (nSPS) is 13.8. The number of esters is 2. The minimum atomic E-state index is -4.37. The van der Waals surface area contributed by atoms with Crippen LogP contribution in [0.5, 0.6) is 0 Å². The minimum Gasteiger partial charge on any atom is -0.462 e. The lowest BCUT2D eigenvalue weighted by atomic mass is 10.0. The van der Waals surface area contributed by atoms with Gasteiger partial charge in [0, 0.05) is 12.8 Å². The van der Waals surface area contributed by atoms with E-state index < -0.39 is 26.5 Å². The molecule has 1 N–H and O–H groups in total. The van der Waals surface area contributed by atoms with Crippen molar-refractivity contribution in [3.8, 4) is 0 Å². The van der Waals surface area contributed by atoms with Gasteiger partial charge in [-0.15, -0.1) is 0 Å². The molecule has 0 aromatic carbocycles. The molecule has 0 aromatic heterocycles. The summed E-state index contributed by atoms with van der Waals surface area (Å²) < 4.78 is 34.2. The molecule has 0 aromatic rings. The van der Waals surface area contributed by atoms with E-state index in [2.05, 4.69) is 26.0 Å². The summed E-state index contributed by atoms with van der Waals surface area (Å²) in [5, 5.41) is 0. The Bertz CT molecular complexity index is 891. The van der Waals surface area contributed by atoms with Gasteiger partial charge in [-0.2, -0.15) is 0 Å². The van der Waals surface area contributed by atoms with E-state index in [-0.39, 0.29) is 25.6 Å².